The number of amides is 1. The molecule has 0 atom stereocenters. The first-order valence-electron chi connectivity index (χ1n) is 5.67. The molecule has 0 aliphatic carbocycles. The van der Waals surface area contributed by atoms with Crippen LogP contribution in [0.3, 0.4) is 0 Å². The van der Waals surface area contributed by atoms with E-state index in [1.807, 2.05) is 0 Å². The smallest absolute Gasteiger partial charge is 0.279 e. The molecule has 0 saturated carbocycles. The lowest BCUT2D eigenvalue weighted by Gasteiger charge is -2.09. The number of carbonyl (C=O) groups excluding carboxylic acids is 1. The minimum Gasteiger partial charge on any atom is -0.345 e. The highest BCUT2D eigenvalue weighted by molar-refractivity contribution is 5.95. The van der Waals surface area contributed by atoms with Crippen molar-refractivity contribution < 1.29 is 4.79 Å². The van der Waals surface area contributed by atoms with Crippen LogP contribution in [-0.4, -0.2) is 30.9 Å². The van der Waals surface area contributed by atoms with Gasteiger partial charge in [-0.15, -0.1) is 0 Å². The number of aryl methyl sites for hydroxylation is 2. The number of H-pyrrole nitrogens is 1. The Morgan fingerprint density at radius 1 is 1.47 bits per heavy atom. The average Bonchev–Trinajstić information content (AvgIpc) is 2.87. The van der Waals surface area contributed by atoms with E-state index in [1.165, 1.54) is 13.4 Å². The summed E-state index contributed by atoms with van der Waals surface area (Å²) in [5, 5.41) is 12.9. The SMILES string of the molecule is Cc1nn(C)c(=O)c(C(=O)NCc2ncn[nH]2)c1C. The monoisotopic (exact) mass is 262 g/mol. The summed E-state index contributed by atoms with van der Waals surface area (Å²) in [7, 11) is 1.52. The highest BCUT2D eigenvalue weighted by atomic mass is 16.2. The van der Waals surface area contributed by atoms with Gasteiger partial charge in [-0.1, -0.05) is 0 Å². The lowest BCUT2D eigenvalue weighted by atomic mass is 10.1. The molecule has 2 heterocycles. The first kappa shape index (κ1) is 12.9. The van der Waals surface area contributed by atoms with Crippen molar-refractivity contribution in [3.05, 3.63) is 39.3 Å². The average molecular weight is 262 g/mol. The van der Waals surface area contributed by atoms with Crippen molar-refractivity contribution in [2.24, 2.45) is 7.05 Å². The molecule has 2 N–H and O–H groups in total. The van der Waals surface area contributed by atoms with E-state index in [4.69, 9.17) is 0 Å². The third-order valence-corrected chi connectivity index (χ3v) is 2.83. The molecular formula is C11H14N6O2. The van der Waals surface area contributed by atoms with Gasteiger partial charge in [0.25, 0.3) is 11.5 Å². The summed E-state index contributed by atoms with van der Waals surface area (Å²) in [6.07, 6.45) is 1.35. The molecule has 0 aliphatic heterocycles. The van der Waals surface area contributed by atoms with Crippen molar-refractivity contribution in [2.75, 3.05) is 0 Å². The van der Waals surface area contributed by atoms with Crippen LogP contribution in [0.25, 0.3) is 0 Å². The molecule has 0 fully saturated rings. The van der Waals surface area contributed by atoms with Gasteiger partial charge in [0.05, 0.1) is 12.2 Å². The summed E-state index contributed by atoms with van der Waals surface area (Å²) in [6.45, 7) is 3.64. The molecule has 2 rings (SSSR count). The Bertz CT molecular complexity index is 659. The van der Waals surface area contributed by atoms with Crippen molar-refractivity contribution in [1.29, 1.82) is 0 Å². The Hall–Kier alpha value is -2.51. The standard InChI is InChI=1S/C11H14N6O2/c1-6-7(2)16-17(3)11(19)9(6)10(18)12-4-8-13-5-14-15-8/h5H,4H2,1-3H3,(H,12,18)(H,13,14,15). The number of carbonyl (C=O) groups is 1. The summed E-state index contributed by atoms with van der Waals surface area (Å²) in [5.74, 6) is 0.0774. The van der Waals surface area contributed by atoms with Gasteiger partial charge in [0, 0.05) is 7.05 Å². The zero-order valence-corrected chi connectivity index (χ0v) is 10.9. The van der Waals surface area contributed by atoms with E-state index in [1.54, 1.807) is 13.8 Å². The summed E-state index contributed by atoms with van der Waals surface area (Å²) < 4.78 is 1.16. The van der Waals surface area contributed by atoms with Gasteiger partial charge in [0.2, 0.25) is 0 Å². The number of hydrogen-bond acceptors (Lipinski definition) is 5. The van der Waals surface area contributed by atoms with E-state index < -0.39 is 11.5 Å². The highest BCUT2D eigenvalue weighted by Gasteiger charge is 2.17. The molecule has 1 amide bonds. The third kappa shape index (κ3) is 2.51. The van der Waals surface area contributed by atoms with Gasteiger partial charge in [-0.2, -0.15) is 10.2 Å². The maximum absolute atomic E-state index is 12.1. The molecule has 2 aromatic rings. The van der Waals surface area contributed by atoms with Crippen molar-refractivity contribution >= 4 is 5.91 Å². The summed E-state index contributed by atoms with van der Waals surface area (Å²) in [5.41, 5.74) is 0.915. The van der Waals surface area contributed by atoms with Crippen LogP contribution in [0.1, 0.15) is 27.4 Å². The molecule has 8 nitrogen and oxygen atoms in total. The van der Waals surface area contributed by atoms with Crippen molar-refractivity contribution in [1.82, 2.24) is 30.3 Å². The van der Waals surface area contributed by atoms with Gasteiger partial charge in [-0.3, -0.25) is 14.7 Å². The maximum atomic E-state index is 12.1. The predicted molar refractivity (Wildman–Crippen MR) is 66.5 cm³/mol. The molecule has 8 heteroatoms. The van der Waals surface area contributed by atoms with Crippen LogP contribution in [0.2, 0.25) is 0 Å². The van der Waals surface area contributed by atoms with Crippen LogP contribution >= 0.6 is 0 Å². The predicted octanol–water partition coefficient (Wildman–Crippen LogP) is -0.555. The minimum absolute atomic E-state index is 0.106. The zero-order valence-electron chi connectivity index (χ0n) is 10.9. The summed E-state index contributed by atoms with van der Waals surface area (Å²) in [6, 6.07) is 0. The summed E-state index contributed by atoms with van der Waals surface area (Å²) in [4.78, 5) is 27.9. The van der Waals surface area contributed by atoms with Crippen molar-refractivity contribution in [3.8, 4) is 0 Å². The Morgan fingerprint density at radius 2 is 2.21 bits per heavy atom. The molecule has 0 aromatic carbocycles. The Balaban J connectivity index is 2.26. The lowest BCUT2D eigenvalue weighted by Crippen LogP contribution is -2.35. The largest absolute Gasteiger partial charge is 0.345 e. The van der Waals surface area contributed by atoms with Crippen molar-refractivity contribution in [2.45, 2.75) is 20.4 Å². The molecule has 0 aliphatic rings. The Labute approximate surface area is 108 Å². The van der Waals surface area contributed by atoms with Crippen LogP contribution in [0.5, 0.6) is 0 Å². The lowest BCUT2D eigenvalue weighted by molar-refractivity contribution is 0.0946. The molecule has 0 spiro atoms. The zero-order chi connectivity index (χ0) is 14.0. The van der Waals surface area contributed by atoms with E-state index in [0.717, 1.165) is 4.68 Å². The van der Waals surface area contributed by atoms with Crippen LogP contribution in [-0.2, 0) is 13.6 Å². The van der Waals surface area contributed by atoms with E-state index >= 15 is 0 Å². The number of aromatic nitrogens is 5. The molecular weight excluding hydrogens is 248 g/mol. The molecule has 0 radical (unpaired) electrons. The second-order valence-electron chi connectivity index (χ2n) is 4.13. The molecule has 0 saturated heterocycles. The Morgan fingerprint density at radius 3 is 2.84 bits per heavy atom. The van der Waals surface area contributed by atoms with Gasteiger partial charge in [-0.05, 0) is 19.4 Å². The number of nitrogens with one attached hydrogen (secondary N) is 2. The van der Waals surface area contributed by atoms with E-state index in [0.29, 0.717) is 17.1 Å². The van der Waals surface area contributed by atoms with Gasteiger partial charge in [0.1, 0.15) is 17.7 Å². The molecule has 19 heavy (non-hydrogen) atoms. The number of rotatable bonds is 3. The highest BCUT2D eigenvalue weighted by Crippen LogP contribution is 2.05. The number of aromatic amines is 1. The first-order chi connectivity index (χ1) is 9.00. The number of nitrogens with zero attached hydrogens (tertiary/aromatic N) is 4. The fraction of sp³-hybridized carbons (Fsp3) is 0.364. The van der Waals surface area contributed by atoms with Crippen LogP contribution in [0.4, 0.5) is 0 Å². The maximum Gasteiger partial charge on any atom is 0.279 e. The fourth-order valence-corrected chi connectivity index (χ4v) is 1.68. The fourth-order valence-electron chi connectivity index (χ4n) is 1.68. The molecule has 0 bridgehead atoms. The van der Waals surface area contributed by atoms with E-state index in [9.17, 15) is 9.59 Å². The normalized spacial score (nSPS) is 10.5. The molecule has 0 unspecified atom stereocenters. The van der Waals surface area contributed by atoms with Gasteiger partial charge in [-0.25, -0.2) is 9.67 Å². The van der Waals surface area contributed by atoms with Crippen molar-refractivity contribution in [3.63, 3.8) is 0 Å². The second kappa shape index (κ2) is 5.01. The topological polar surface area (TPSA) is 106 Å². The summed E-state index contributed by atoms with van der Waals surface area (Å²) >= 11 is 0. The van der Waals surface area contributed by atoms with Gasteiger partial charge >= 0.3 is 0 Å². The molecule has 2 aromatic heterocycles. The first-order valence-corrected chi connectivity index (χ1v) is 5.67. The quantitative estimate of drug-likeness (QED) is 0.771. The minimum atomic E-state index is -0.444. The second-order valence-corrected chi connectivity index (χ2v) is 4.13. The number of hydrogen-bond donors (Lipinski definition) is 2. The van der Waals surface area contributed by atoms with Crippen LogP contribution < -0.4 is 10.9 Å². The Kier molecular flexibility index (Phi) is 3.41. The van der Waals surface area contributed by atoms with Gasteiger partial charge < -0.3 is 5.32 Å². The van der Waals surface area contributed by atoms with Gasteiger partial charge in [0.15, 0.2) is 0 Å². The third-order valence-electron chi connectivity index (χ3n) is 2.83. The van der Waals surface area contributed by atoms with Crippen LogP contribution in [0.15, 0.2) is 11.1 Å². The van der Waals surface area contributed by atoms with E-state index in [-0.39, 0.29) is 12.1 Å². The van der Waals surface area contributed by atoms with Crippen LogP contribution in [0, 0.1) is 13.8 Å². The van der Waals surface area contributed by atoms with E-state index in [2.05, 4.69) is 25.6 Å². The molecule has 100 valence electrons.